The van der Waals surface area contributed by atoms with Crippen molar-refractivity contribution in [2.45, 2.75) is 51.3 Å². The number of nitrogens with one attached hydrogen (secondary N) is 1. The number of hydrogen-bond donors (Lipinski definition) is 1. The summed E-state index contributed by atoms with van der Waals surface area (Å²) in [5.41, 5.74) is -0.0363. The Bertz CT molecular complexity index is 331. The number of hydrogen-bond acceptors (Lipinski definition) is 2. The van der Waals surface area contributed by atoms with Crippen molar-refractivity contribution >= 4 is 12.4 Å². The van der Waals surface area contributed by atoms with Crippen LogP contribution in [0.2, 0.25) is 0 Å². The molecule has 0 aromatic heterocycles. The number of benzene rings is 1. The number of para-hydroxylation sites is 1. The molecular weight excluding hydrogens is 234 g/mol. The molecule has 2 nitrogen and oxygen atoms in total. The minimum atomic E-state index is -0.0363. The van der Waals surface area contributed by atoms with Crippen molar-refractivity contribution in [3.05, 3.63) is 30.3 Å². The lowest BCUT2D eigenvalue weighted by Crippen LogP contribution is -2.52. The van der Waals surface area contributed by atoms with Crippen LogP contribution in [0.25, 0.3) is 0 Å². The first-order valence-electron chi connectivity index (χ1n) is 6.07. The van der Waals surface area contributed by atoms with E-state index in [0.717, 1.165) is 18.6 Å². The lowest BCUT2D eigenvalue weighted by molar-refractivity contribution is 0.0265. The summed E-state index contributed by atoms with van der Waals surface area (Å²) < 4.78 is 6.14. The predicted octanol–water partition coefficient (Wildman–Crippen LogP) is 3.41. The van der Waals surface area contributed by atoms with Crippen molar-refractivity contribution in [1.82, 2.24) is 5.32 Å². The molecule has 0 bridgehead atoms. The Hall–Kier alpha value is -0.730. The first-order chi connectivity index (χ1) is 7.57. The maximum Gasteiger partial charge on any atom is 0.120 e. The largest absolute Gasteiger partial charge is 0.487 e. The highest BCUT2D eigenvalue weighted by Crippen LogP contribution is 2.30. The summed E-state index contributed by atoms with van der Waals surface area (Å²) in [5, 5.41) is 3.54. The van der Waals surface area contributed by atoms with Crippen molar-refractivity contribution in [2.75, 3.05) is 0 Å². The van der Waals surface area contributed by atoms with Crippen molar-refractivity contribution in [3.63, 3.8) is 0 Å². The standard InChI is InChI=1S/C14H21NO.ClH/c1-11-9-14(3,10-12(2)15-11)16-13-7-5-4-6-8-13;/h4-8,11-12,15H,9-10H2,1-3H3;1H. The van der Waals surface area contributed by atoms with Crippen molar-refractivity contribution in [2.24, 2.45) is 0 Å². The summed E-state index contributed by atoms with van der Waals surface area (Å²) in [4.78, 5) is 0. The molecule has 1 fully saturated rings. The Morgan fingerprint density at radius 3 is 2.18 bits per heavy atom. The molecule has 17 heavy (non-hydrogen) atoms. The fraction of sp³-hybridized carbons (Fsp3) is 0.571. The first-order valence-corrected chi connectivity index (χ1v) is 6.07. The average molecular weight is 256 g/mol. The van der Waals surface area contributed by atoms with E-state index in [1.54, 1.807) is 0 Å². The van der Waals surface area contributed by atoms with E-state index in [-0.39, 0.29) is 18.0 Å². The Kier molecular flexibility index (Phi) is 4.84. The summed E-state index contributed by atoms with van der Waals surface area (Å²) >= 11 is 0. The SMILES string of the molecule is CC1CC(C)(Oc2ccccc2)CC(C)N1.Cl. The lowest BCUT2D eigenvalue weighted by Gasteiger charge is -2.41. The van der Waals surface area contributed by atoms with Crippen LogP contribution in [-0.4, -0.2) is 17.7 Å². The highest BCUT2D eigenvalue weighted by atomic mass is 35.5. The third kappa shape index (κ3) is 3.90. The molecule has 1 aliphatic heterocycles. The molecule has 1 aliphatic rings. The molecule has 1 aromatic rings. The van der Waals surface area contributed by atoms with Gasteiger partial charge in [0.1, 0.15) is 11.4 Å². The van der Waals surface area contributed by atoms with Crippen LogP contribution in [-0.2, 0) is 0 Å². The molecule has 96 valence electrons. The Morgan fingerprint density at radius 1 is 1.12 bits per heavy atom. The van der Waals surface area contributed by atoms with Crippen LogP contribution in [0.4, 0.5) is 0 Å². The fourth-order valence-electron chi connectivity index (χ4n) is 2.84. The molecule has 1 aromatic carbocycles. The second-order valence-corrected chi connectivity index (χ2v) is 5.24. The van der Waals surface area contributed by atoms with Crippen LogP contribution in [0, 0.1) is 0 Å². The molecule has 1 saturated heterocycles. The van der Waals surface area contributed by atoms with Crippen LogP contribution in [0.1, 0.15) is 33.6 Å². The molecule has 0 amide bonds. The van der Waals surface area contributed by atoms with Gasteiger partial charge in [0.2, 0.25) is 0 Å². The second kappa shape index (κ2) is 5.74. The van der Waals surface area contributed by atoms with Gasteiger partial charge in [-0.2, -0.15) is 0 Å². The number of piperidine rings is 1. The molecule has 0 saturated carbocycles. The van der Waals surface area contributed by atoms with Crippen molar-refractivity contribution in [3.8, 4) is 5.75 Å². The molecule has 0 radical (unpaired) electrons. The van der Waals surface area contributed by atoms with Crippen molar-refractivity contribution < 1.29 is 4.74 Å². The van der Waals surface area contributed by atoms with E-state index in [1.807, 2.05) is 30.3 Å². The highest BCUT2D eigenvalue weighted by molar-refractivity contribution is 5.85. The summed E-state index contributed by atoms with van der Waals surface area (Å²) in [5.74, 6) is 0.978. The molecule has 0 aliphatic carbocycles. The van der Waals surface area contributed by atoms with E-state index in [0.29, 0.717) is 12.1 Å². The summed E-state index contributed by atoms with van der Waals surface area (Å²) in [6.45, 7) is 6.67. The molecule has 2 rings (SSSR count). The maximum absolute atomic E-state index is 6.14. The predicted molar refractivity (Wildman–Crippen MR) is 74.0 cm³/mol. The van der Waals surface area contributed by atoms with E-state index in [4.69, 9.17) is 4.74 Å². The van der Waals surface area contributed by atoms with E-state index < -0.39 is 0 Å². The highest BCUT2D eigenvalue weighted by Gasteiger charge is 2.35. The minimum absolute atomic E-state index is 0. The van der Waals surface area contributed by atoms with Gasteiger partial charge in [-0.3, -0.25) is 0 Å². The zero-order chi connectivity index (χ0) is 11.6. The molecule has 1 N–H and O–H groups in total. The van der Waals surface area contributed by atoms with Gasteiger partial charge in [-0.25, -0.2) is 0 Å². The number of rotatable bonds is 2. The summed E-state index contributed by atoms with van der Waals surface area (Å²) in [6, 6.07) is 11.2. The molecule has 2 atom stereocenters. The maximum atomic E-state index is 6.14. The zero-order valence-corrected chi connectivity index (χ0v) is 11.6. The summed E-state index contributed by atoms with van der Waals surface area (Å²) in [7, 11) is 0. The molecule has 3 heteroatoms. The quantitative estimate of drug-likeness (QED) is 0.875. The van der Waals surface area contributed by atoms with Gasteiger partial charge in [0.15, 0.2) is 0 Å². The van der Waals surface area contributed by atoms with Crippen molar-refractivity contribution in [1.29, 1.82) is 0 Å². The number of halogens is 1. The Morgan fingerprint density at radius 2 is 1.65 bits per heavy atom. The van der Waals surface area contributed by atoms with E-state index in [1.165, 1.54) is 0 Å². The smallest absolute Gasteiger partial charge is 0.120 e. The lowest BCUT2D eigenvalue weighted by atomic mass is 9.86. The second-order valence-electron chi connectivity index (χ2n) is 5.24. The Balaban J connectivity index is 0.00000144. The van der Waals surface area contributed by atoms with E-state index >= 15 is 0 Å². The van der Waals surface area contributed by atoms with Gasteiger partial charge in [0.05, 0.1) is 0 Å². The van der Waals surface area contributed by atoms with Crippen LogP contribution < -0.4 is 10.1 Å². The van der Waals surface area contributed by atoms with Gasteiger partial charge in [-0.05, 0) is 32.9 Å². The fourth-order valence-corrected chi connectivity index (χ4v) is 2.84. The van der Waals surface area contributed by atoms with E-state index in [9.17, 15) is 0 Å². The van der Waals surface area contributed by atoms with Gasteiger partial charge in [-0.1, -0.05) is 18.2 Å². The van der Waals surface area contributed by atoms with Crippen LogP contribution >= 0.6 is 12.4 Å². The molecule has 1 heterocycles. The normalized spacial score (nSPS) is 32.6. The zero-order valence-electron chi connectivity index (χ0n) is 10.8. The van der Waals surface area contributed by atoms with Gasteiger partial charge in [0.25, 0.3) is 0 Å². The van der Waals surface area contributed by atoms with Crippen LogP contribution in [0.15, 0.2) is 30.3 Å². The summed E-state index contributed by atoms with van der Waals surface area (Å²) in [6.07, 6.45) is 2.12. The molecule has 0 spiro atoms. The van der Waals surface area contributed by atoms with E-state index in [2.05, 4.69) is 26.1 Å². The third-order valence-corrected chi connectivity index (χ3v) is 3.15. The Labute approximate surface area is 110 Å². The minimum Gasteiger partial charge on any atom is -0.487 e. The third-order valence-electron chi connectivity index (χ3n) is 3.15. The van der Waals surface area contributed by atoms with Crippen LogP contribution in [0.3, 0.4) is 0 Å². The van der Waals surface area contributed by atoms with Gasteiger partial charge >= 0.3 is 0 Å². The molecular formula is C14H22ClNO. The monoisotopic (exact) mass is 255 g/mol. The first kappa shape index (κ1) is 14.3. The molecule has 2 unspecified atom stereocenters. The van der Waals surface area contributed by atoms with Gasteiger partial charge in [0, 0.05) is 24.9 Å². The van der Waals surface area contributed by atoms with Gasteiger partial charge < -0.3 is 10.1 Å². The average Bonchev–Trinajstić information content (AvgIpc) is 2.15. The van der Waals surface area contributed by atoms with Gasteiger partial charge in [-0.15, -0.1) is 12.4 Å². The topological polar surface area (TPSA) is 21.3 Å². The number of ether oxygens (including phenoxy) is 1. The van der Waals surface area contributed by atoms with Crippen LogP contribution in [0.5, 0.6) is 5.75 Å².